The van der Waals surface area contributed by atoms with Gasteiger partial charge in [0.2, 0.25) is 0 Å². The summed E-state index contributed by atoms with van der Waals surface area (Å²) in [4.78, 5) is 18.2. The van der Waals surface area contributed by atoms with E-state index in [4.69, 9.17) is 0 Å². The molecule has 17 heavy (non-hydrogen) atoms. The van der Waals surface area contributed by atoms with E-state index in [0.29, 0.717) is 25.1 Å². The second kappa shape index (κ2) is 4.11. The van der Waals surface area contributed by atoms with Crippen LogP contribution in [-0.2, 0) is 0 Å². The van der Waals surface area contributed by atoms with Gasteiger partial charge in [0.05, 0.1) is 16.9 Å². The molecule has 1 saturated heterocycles. The van der Waals surface area contributed by atoms with E-state index in [2.05, 4.69) is 4.98 Å². The van der Waals surface area contributed by atoms with Crippen molar-refractivity contribution in [1.29, 1.82) is 0 Å². The second-order valence-corrected chi connectivity index (χ2v) is 5.06. The molecule has 2 heterocycles. The van der Waals surface area contributed by atoms with Gasteiger partial charge >= 0.3 is 0 Å². The van der Waals surface area contributed by atoms with Gasteiger partial charge in [0.15, 0.2) is 0 Å². The van der Waals surface area contributed by atoms with Crippen molar-refractivity contribution in [2.45, 2.75) is 32.8 Å². The molecule has 1 unspecified atom stereocenters. The summed E-state index contributed by atoms with van der Waals surface area (Å²) in [5.41, 5.74) is 1.55. The van der Waals surface area contributed by atoms with Crippen molar-refractivity contribution in [3.63, 3.8) is 0 Å². The van der Waals surface area contributed by atoms with Crippen molar-refractivity contribution in [3.8, 4) is 0 Å². The fourth-order valence-corrected chi connectivity index (χ4v) is 2.20. The Hall–Kier alpha value is -1.42. The average Bonchev–Trinajstić information content (AvgIpc) is 2.58. The summed E-state index contributed by atoms with van der Waals surface area (Å²) in [7, 11) is 0. The summed E-state index contributed by atoms with van der Waals surface area (Å²) in [6.07, 6.45) is 0.636. The molecule has 0 saturated carbocycles. The van der Waals surface area contributed by atoms with Gasteiger partial charge in [-0.25, -0.2) is 0 Å². The number of aliphatic hydroxyl groups is 1. The van der Waals surface area contributed by atoms with Crippen LogP contribution in [0.25, 0.3) is 0 Å². The number of β-amino-alcohol motifs (C(OH)–C–C–N with tert-alkyl or cyclic N) is 1. The van der Waals surface area contributed by atoms with E-state index in [1.165, 1.54) is 0 Å². The van der Waals surface area contributed by atoms with Crippen LogP contribution in [0.5, 0.6) is 0 Å². The van der Waals surface area contributed by atoms with E-state index in [0.717, 1.165) is 11.4 Å². The van der Waals surface area contributed by atoms with Gasteiger partial charge in [-0.15, -0.1) is 0 Å². The molecule has 0 bridgehead atoms. The maximum atomic E-state index is 12.2. The molecule has 2 rings (SSSR count). The van der Waals surface area contributed by atoms with E-state index in [1.54, 1.807) is 11.8 Å². The van der Waals surface area contributed by atoms with Crippen molar-refractivity contribution in [2.24, 2.45) is 0 Å². The molecular weight excluding hydrogens is 216 g/mol. The summed E-state index contributed by atoms with van der Waals surface area (Å²) < 4.78 is 0. The highest BCUT2D eigenvalue weighted by Gasteiger charge is 2.34. The Morgan fingerprint density at radius 1 is 1.47 bits per heavy atom. The van der Waals surface area contributed by atoms with Crippen LogP contribution in [0.1, 0.15) is 35.1 Å². The number of carbonyl (C=O) groups excluding carboxylic acids is 1. The first-order chi connectivity index (χ1) is 7.89. The lowest BCUT2D eigenvalue weighted by atomic mass is 10.1. The maximum Gasteiger partial charge on any atom is 0.255 e. The predicted molar refractivity (Wildman–Crippen MR) is 64.9 cm³/mol. The molecule has 1 aromatic rings. The first-order valence-corrected chi connectivity index (χ1v) is 5.85. The summed E-state index contributed by atoms with van der Waals surface area (Å²) in [6, 6.07) is 3.65. The van der Waals surface area contributed by atoms with Crippen LogP contribution in [-0.4, -0.2) is 39.6 Å². The Kier molecular flexibility index (Phi) is 2.91. The number of aryl methyl sites for hydroxylation is 2. The third kappa shape index (κ3) is 2.47. The first kappa shape index (κ1) is 12.0. The summed E-state index contributed by atoms with van der Waals surface area (Å²) in [6.45, 7) is 6.52. The van der Waals surface area contributed by atoms with Crippen molar-refractivity contribution in [3.05, 3.63) is 29.1 Å². The average molecular weight is 234 g/mol. The zero-order chi connectivity index (χ0) is 12.6. The SMILES string of the molecule is Cc1ccc(C(=O)N2CCC(C)(O)C2)c(C)n1. The molecule has 4 heteroatoms. The van der Waals surface area contributed by atoms with Gasteiger partial charge in [-0.2, -0.15) is 0 Å². The van der Waals surface area contributed by atoms with Crippen LogP contribution in [0.3, 0.4) is 0 Å². The van der Waals surface area contributed by atoms with Gasteiger partial charge in [-0.1, -0.05) is 0 Å². The minimum absolute atomic E-state index is 0.0345. The number of nitrogens with zero attached hydrogens (tertiary/aromatic N) is 2. The standard InChI is InChI=1S/C13H18N2O2/c1-9-4-5-11(10(2)14-9)12(16)15-7-6-13(3,17)8-15/h4-5,17H,6-8H2,1-3H3. The van der Waals surface area contributed by atoms with Crippen molar-refractivity contribution >= 4 is 5.91 Å². The molecule has 1 aromatic heterocycles. The Morgan fingerprint density at radius 3 is 2.71 bits per heavy atom. The second-order valence-electron chi connectivity index (χ2n) is 5.06. The van der Waals surface area contributed by atoms with Gasteiger partial charge in [0.25, 0.3) is 5.91 Å². The lowest BCUT2D eigenvalue weighted by molar-refractivity contribution is 0.0571. The monoisotopic (exact) mass is 234 g/mol. The highest BCUT2D eigenvalue weighted by Crippen LogP contribution is 2.22. The Morgan fingerprint density at radius 2 is 2.18 bits per heavy atom. The zero-order valence-electron chi connectivity index (χ0n) is 10.5. The minimum atomic E-state index is -0.748. The van der Waals surface area contributed by atoms with Crippen LogP contribution >= 0.6 is 0 Å². The Balaban J connectivity index is 2.21. The van der Waals surface area contributed by atoms with Crippen LogP contribution in [0.4, 0.5) is 0 Å². The maximum absolute atomic E-state index is 12.2. The minimum Gasteiger partial charge on any atom is -0.388 e. The molecule has 0 radical (unpaired) electrons. The summed E-state index contributed by atoms with van der Waals surface area (Å²) >= 11 is 0. The number of hydrogen-bond donors (Lipinski definition) is 1. The molecule has 1 aliphatic rings. The lowest BCUT2D eigenvalue weighted by Gasteiger charge is -2.19. The van der Waals surface area contributed by atoms with Crippen LogP contribution < -0.4 is 0 Å². The number of rotatable bonds is 1. The van der Waals surface area contributed by atoms with Gasteiger partial charge < -0.3 is 10.0 Å². The zero-order valence-corrected chi connectivity index (χ0v) is 10.5. The third-order valence-corrected chi connectivity index (χ3v) is 3.19. The van der Waals surface area contributed by atoms with Gasteiger partial charge in [-0.05, 0) is 39.3 Å². The molecule has 1 aliphatic heterocycles. The number of hydrogen-bond acceptors (Lipinski definition) is 3. The largest absolute Gasteiger partial charge is 0.388 e. The van der Waals surface area contributed by atoms with Crippen molar-refractivity contribution in [1.82, 2.24) is 9.88 Å². The Labute approximate surface area is 101 Å². The van der Waals surface area contributed by atoms with E-state index in [-0.39, 0.29) is 5.91 Å². The molecule has 1 N–H and O–H groups in total. The first-order valence-electron chi connectivity index (χ1n) is 5.85. The number of aromatic nitrogens is 1. The van der Waals surface area contributed by atoms with E-state index in [1.807, 2.05) is 26.0 Å². The summed E-state index contributed by atoms with van der Waals surface area (Å²) in [5.74, 6) is -0.0345. The van der Waals surface area contributed by atoms with Crippen molar-refractivity contribution in [2.75, 3.05) is 13.1 Å². The molecule has 1 amide bonds. The van der Waals surface area contributed by atoms with E-state index < -0.39 is 5.60 Å². The van der Waals surface area contributed by atoms with E-state index >= 15 is 0 Å². The molecule has 92 valence electrons. The quantitative estimate of drug-likeness (QED) is 0.796. The van der Waals surface area contributed by atoms with Crippen LogP contribution in [0, 0.1) is 13.8 Å². The van der Waals surface area contributed by atoms with E-state index in [9.17, 15) is 9.90 Å². The van der Waals surface area contributed by atoms with Crippen LogP contribution in [0.2, 0.25) is 0 Å². The third-order valence-electron chi connectivity index (χ3n) is 3.19. The normalized spacial score (nSPS) is 24.1. The highest BCUT2D eigenvalue weighted by molar-refractivity contribution is 5.95. The topological polar surface area (TPSA) is 53.4 Å². The number of carbonyl (C=O) groups is 1. The van der Waals surface area contributed by atoms with Gasteiger partial charge in [0.1, 0.15) is 0 Å². The molecule has 4 nitrogen and oxygen atoms in total. The lowest BCUT2D eigenvalue weighted by Crippen LogP contribution is -2.34. The number of amides is 1. The van der Waals surface area contributed by atoms with Gasteiger partial charge in [0, 0.05) is 18.8 Å². The predicted octanol–water partition coefficient (Wildman–Crippen LogP) is 1.30. The molecule has 1 atom stereocenters. The molecule has 0 aromatic carbocycles. The fourth-order valence-electron chi connectivity index (χ4n) is 2.20. The molecule has 0 aliphatic carbocycles. The van der Waals surface area contributed by atoms with Crippen LogP contribution in [0.15, 0.2) is 12.1 Å². The number of likely N-dealkylation sites (tertiary alicyclic amines) is 1. The van der Waals surface area contributed by atoms with Gasteiger partial charge in [-0.3, -0.25) is 9.78 Å². The fraction of sp³-hybridized carbons (Fsp3) is 0.538. The highest BCUT2D eigenvalue weighted by atomic mass is 16.3. The molecular formula is C13H18N2O2. The number of pyridine rings is 1. The molecule has 1 fully saturated rings. The summed E-state index contributed by atoms with van der Waals surface area (Å²) in [5, 5.41) is 9.86. The molecule has 0 spiro atoms. The van der Waals surface area contributed by atoms with Crippen molar-refractivity contribution < 1.29 is 9.90 Å². The Bertz CT molecular complexity index is 455. The smallest absolute Gasteiger partial charge is 0.255 e.